The summed E-state index contributed by atoms with van der Waals surface area (Å²) in [6.07, 6.45) is 2.48. The quantitative estimate of drug-likeness (QED) is 0.621. The molecule has 0 radical (unpaired) electrons. The number of unbranched alkanes of at least 4 members (excludes halogenated alkanes) is 1. The molecule has 2 amide bonds. The third kappa shape index (κ3) is 4.87. The summed E-state index contributed by atoms with van der Waals surface area (Å²) in [5.74, 6) is 0.197. The zero-order valence-electron chi connectivity index (χ0n) is 16.8. The fourth-order valence-electron chi connectivity index (χ4n) is 3.16. The van der Waals surface area contributed by atoms with Gasteiger partial charge in [-0.2, -0.15) is 0 Å². The van der Waals surface area contributed by atoms with Gasteiger partial charge in [0.2, 0.25) is 5.91 Å². The molecule has 0 aliphatic carbocycles. The predicted octanol–water partition coefficient (Wildman–Crippen LogP) is 3.43. The molecule has 6 heteroatoms. The van der Waals surface area contributed by atoms with Crippen LogP contribution in [0.1, 0.15) is 63.7 Å². The highest BCUT2D eigenvalue weighted by molar-refractivity contribution is 6.05. The van der Waals surface area contributed by atoms with Crippen LogP contribution < -0.4 is 9.64 Å². The van der Waals surface area contributed by atoms with Crippen molar-refractivity contribution >= 4 is 23.3 Å². The van der Waals surface area contributed by atoms with Gasteiger partial charge in [-0.15, -0.1) is 0 Å². The normalized spacial score (nSPS) is 15.9. The number of hydrogen-bond donors (Lipinski definition) is 0. The number of benzene rings is 1. The van der Waals surface area contributed by atoms with E-state index in [0.717, 1.165) is 19.3 Å². The van der Waals surface area contributed by atoms with Crippen molar-refractivity contribution in [3.05, 3.63) is 23.8 Å². The molecule has 148 valence electrons. The van der Waals surface area contributed by atoms with E-state index >= 15 is 0 Å². The van der Waals surface area contributed by atoms with Crippen LogP contribution in [-0.2, 0) is 9.59 Å². The van der Waals surface area contributed by atoms with Crippen LogP contribution in [0.5, 0.6) is 5.75 Å². The van der Waals surface area contributed by atoms with E-state index in [1.54, 1.807) is 30.0 Å². The van der Waals surface area contributed by atoms with E-state index in [4.69, 9.17) is 4.74 Å². The average molecular weight is 374 g/mol. The van der Waals surface area contributed by atoms with Gasteiger partial charge in [-0.05, 0) is 44.9 Å². The lowest BCUT2D eigenvalue weighted by Gasteiger charge is -2.34. The first-order valence-electron chi connectivity index (χ1n) is 9.85. The summed E-state index contributed by atoms with van der Waals surface area (Å²) in [6.45, 7) is 8.89. The highest BCUT2D eigenvalue weighted by Crippen LogP contribution is 2.35. The predicted molar refractivity (Wildman–Crippen MR) is 105 cm³/mol. The van der Waals surface area contributed by atoms with Crippen LogP contribution in [0.25, 0.3) is 0 Å². The number of nitrogens with zero attached hydrogens (tertiary/aromatic N) is 2. The highest BCUT2D eigenvalue weighted by atomic mass is 16.5. The van der Waals surface area contributed by atoms with Crippen LogP contribution in [0.2, 0.25) is 0 Å². The molecule has 0 bridgehead atoms. The molecule has 1 atom stereocenters. The van der Waals surface area contributed by atoms with Gasteiger partial charge in [0.1, 0.15) is 12.3 Å². The SMILES string of the molecule is CCCCN(CC)C(=O)CN1C(=O)C(C)Oc2ccc(C(=O)CCC)cc21. The van der Waals surface area contributed by atoms with Crippen LogP contribution in [0.4, 0.5) is 5.69 Å². The summed E-state index contributed by atoms with van der Waals surface area (Å²) in [4.78, 5) is 40.9. The molecule has 0 N–H and O–H groups in total. The molecule has 6 nitrogen and oxygen atoms in total. The molecule has 0 aromatic heterocycles. The summed E-state index contributed by atoms with van der Waals surface area (Å²) in [5, 5.41) is 0. The second-order valence-corrected chi connectivity index (χ2v) is 6.87. The van der Waals surface area contributed by atoms with Crippen molar-refractivity contribution in [2.24, 2.45) is 0 Å². The van der Waals surface area contributed by atoms with Crippen molar-refractivity contribution in [2.75, 3.05) is 24.5 Å². The number of ketones is 1. The lowest BCUT2D eigenvalue weighted by atomic mass is 10.0. The van der Waals surface area contributed by atoms with E-state index in [9.17, 15) is 14.4 Å². The van der Waals surface area contributed by atoms with Crippen molar-refractivity contribution in [1.82, 2.24) is 4.90 Å². The Hall–Kier alpha value is -2.37. The number of carbonyl (C=O) groups excluding carboxylic acids is 3. The second-order valence-electron chi connectivity index (χ2n) is 6.87. The summed E-state index contributed by atoms with van der Waals surface area (Å²) >= 11 is 0. The number of likely N-dealkylation sites (N-methyl/N-ethyl adjacent to an activating group) is 1. The first-order valence-corrected chi connectivity index (χ1v) is 9.85. The summed E-state index contributed by atoms with van der Waals surface area (Å²) < 4.78 is 5.67. The van der Waals surface area contributed by atoms with Crippen LogP contribution in [0.15, 0.2) is 18.2 Å². The van der Waals surface area contributed by atoms with Gasteiger partial charge in [0.05, 0.1) is 5.69 Å². The van der Waals surface area contributed by atoms with Crippen molar-refractivity contribution in [3.8, 4) is 5.75 Å². The molecule has 1 aliphatic heterocycles. The summed E-state index contributed by atoms with van der Waals surface area (Å²) in [7, 11) is 0. The Bertz CT molecular complexity index is 701. The van der Waals surface area contributed by atoms with E-state index in [-0.39, 0.29) is 24.1 Å². The van der Waals surface area contributed by atoms with Gasteiger partial charge in [0.15, 0.2) is 11.9 Å². The van der Waals surface area contributed by atoms with Gasteiger partial charge < -0.3 is 9.64 Å². The summed E-state index contributed by atoms with van der Waals surface area (Å²) in [6, 6.07) is 5.11. The van der Waals surface area contributed by atoms with Gasteiger partial charge in [-0.1, -0.05) is 20.3 Å². The molecule has 0 fully saturated rings. The van der Waals surface area contributed by atoms with Crippen LogP contribution in [0.3, 0.4) is 0 Å². The Morgan fingerprint density at radius 1 is 1.19 bits per heavy atom. The molecule has 1 unspecified atom stereocenters. The van der Waals surface area contributed by atoms with E-state index in [1.807, 2.05) is 13.8 Å². The van der Waals surface area contributed by atoms with Gasteiger partial charge in [0.25, 0.3) is 5.91 Å². The van der Waals surface area contributed by atoms with Crippen molar-refractivity contribution in [2.45, 2.75) is 59.5 Å². The number of ether oxygens (including phenoxy) is 1. The first-order chi connectivity index (χ1) is 12.9. The van der Waals surface area contributed by atoms with Gasteiger partial charge in [-0.3, -0.25) is 19.3 Å². The molecule has 1 aromatic carbocycles. The van der Waals surface area contributed by atoms with Gasteiger partial charge in [-0.25, -0.2) is 0 Å². The molecule has 1 heterocycles. The van der Waals surface area contributed by atoms with Crippen LogP contribution in [0, 0.1) is 0 Å². The molecular formula is C21H30N2O4. The number of anilines is 1. The number of fused-ring (bicyclic) bond motifs is 1. The molecule has 0 spiro atoms. The van der Waals surface area contributed by atoms with Crippen LogP contribution in [-0.4, -0.2) is 48.2 Å². The topological polar surface area (TPSA) is 66.9 Å². The van der Waals surface area contributed by atoms with E-state index in [1.165, 1.54) is 4.90 Å². The Labute approximate surface area is 161 Å². The smallest absolute Gasteiger partial charge is 0.268 e. The maximum Gasteiger partial charge on any atom is 0.268 e. The number of amides is 2. The number of carbonyl (C=O) groups is 3. The molecule has 2 rings (SSSR count). The first kappa shape index (κ1) is 20.9. The summed E-state index contributed by atoms with van der Waals surface area (Å²) in [5.41, 5.74) is 1.04. The van der Waals surface area contributed by atoms with Crippen molar-refractivity contribution < 1.29 is 19.1 Å². The molecule has 27 heavy (non-hydrogen) atoms. The lowest BCUT2D eigenvalue weighted by Crippen LogP contribution is -2.49. The minimum absolute atomic E-state index is 0.0239. The Balaban J connectivity index is 2.30. The third-order valence-electron chi connectivity index (χ3n) is 4.78. The second kappa shape index (κ2) is 9.53. The van der Waals surface area contributed by atoms with E-state index in [2.05, 4.69) is 6.92 Å². The minimum Gasteiger partial charge on any atom is -0.479 e. The minimum atomic E-state index is -0.659. The lowest BCUT2D eigenvalue weighted by molar-refractivity contribution is -0.133. The molecule has 1 aliphatic rings. The Morgan fingerprint density at radius 2 is 1.93 bits per heavy atom. The van der Waals surface area contributed by atoms with Crippen LogP contribution >= 0.6 is 0 Å². The van der Waals surface area contributed by atoms with Gasteiger partial charge >= 0.3 is 0 Å². The molecular weight excluding hydrogens is 344 g/mol. The largest absolute Gasteiger partial charge is 0.479 e. The zero-order chi connectivity index (χ0) is 20.0. The molecule has 1 aromatic rings. The maximum absolute atomic E-state index is 12.8. The highest BCUT2D eigenvalue weighted by Gasteiger charge is 2.34. The standard InChI is InChI=1S/C21H30N2O4/c1-5-8-12-22(7-3)20(25)14-23-17-13-16(18(24)9-6-2)10-11-19(17)27-15(4)21(23)26/h10-11,13,15H,5-9,12,14H2,1-4H3. The fraction of sp³-hybridized carbons (Fsp3) is 0.571. The maximum atomic E-state index is 12.8. The molecule has 0 saturated heterocycles. The zero-order valence-corrected chi connectivity index (χ0v) is 16.8. The van der Waals surface area contributed by atoms with E-state index < -0.39 is 6.10 Å². The van der Waals surface area contributed by atoms with Crippen molar-refractivity contribution in [1.29, 1.82) is 0 Å². The van der Waals surface area contributed by atoms with Gasteiger partial charge in [0, 0.05) is 25.1 Å². The number of hydrogen-bond acceptors (Lipinski definition) is 4. The Kier molecular flexibility index (Phi) is 7.39. The number of Topliss-reactive ketones (excluding diaryl/α,β-unsaturated/α-hetero) is 1. The number of rotatable bonds is 9. The monoisotopic (exact) mass is 374 g/mol. The molecule has 0 saturated carbocycles. The third-order valence-corrected chi connectivity index (χ3v) is 4.78. The fourth-order valence-corrected chi connectivity index (χ4v) is 3.16. The average Bonchev–Trinajstić information content (AvgIpc) is 2.66. The Morgan fingerprint density at radius 3 is 2.56 bits per heavy atom. The van der Waals surface area contributed by atoms with Crippen molar-refractivity contribution in [3.63, 3.8) is 0 Å². The van der Waals surface area contributed by atoms with E-state index in [0.29, 0.717) is 36.5 Å².